The minimum absolute atomic E-state index is 0.286. The van der Waals surface area contributed by atoms with Crippen molar-refractivity contribution in [2.75, 3.05) is 6.54 Å². The van der Waals surface area contributed by atoms with Gasteiger partial charge in [0.15, 0.2) is 0 Å². The third-order valence-electron chi connectivity index (χ3n) is 9.62. The summed E-state index contributed by atoms with van der Waals surface area (Å²) in [5.74, 6) is -0.419. The molecule has 2 aromatic rings. The second-order valence-corrected chi connectivity index (χ2v) is 15.4. The largest absolute Gasteiger partial charge is 0.476 e. The molecule has 2 unspecified atom stereocenters. The summed E-state index contributed by atoms with van der Waals surface area (Å²) in [6.45, 7) is 8.30. The molecule has 35 heavy (non-hydrogen) atoms. The Morgan fingerprint density at radius 3 is 2.51 bits per heavy atom. The van der Waals surface area contributed by atoms with Gasteiger partial charge < -0.3 is 5.11 Å². The molecule has 4 aliphatic carbocycles. The summed E-state index contributed by atoms with van der Waals surface area (Å²) < 4.78 is 1.14. The van der Waals surface area contributed by atoms with Crippen LogP contribution in [0.15, 0.2) is 29.1 Å². The lowest BCUT2D eigenvalue weighted by atomic mass is 9.42. The Morgan fingerprint density at radius 2 is 1.86 bits per heavy atom. The maximum atomic E-state index is 13.4. The van der Waals surface area contributed by atoms with Crippen LogP contribution in [0.2, 0.25) is 0 Å². The maximum Gasteiger partial charge on any atom is 0.360 e. The molecule has 4 saturated carbocycles. The van der Waals surface area contributed by atoms with Gasteiger partial charge in [0.05, 0.1) is 14.6 Å². The third kappa shape index (κ3) is 3.78. The van der Waals surface area contributed by atoms with Gasteiger partial charge in [-0.1, -0.05) is 48.6 Å². The van der Waals surface area contributed by atoms with Crippen molar-refractivity contribution in [3.05, 3.63) is 40.3 Å². The average molecular weight is 590 g/mol. The first-order chi connectivity index (χ1) is 16.4. The number of fused-ring (bicyclic) bond motifs is 1. The number of alkyl halides is 1. The molecule has 1 aromatic carbocycles. The molecule has 1 aromatic heterocycles. The molecule has 1 aliphatic heterocycles. The van der Waals surface area contributed by atoms with Crippen molar-refractivity contribution in [3.63, 3.8) is 0 Å². The number of rotatable bonds is 5. The van der Waals surface area contributed by atoms with Gasteiger partial charge in [0.2, 0.25) is 5.69 Å². The Hall–Kier alpha value is -1.48. The molecule has 1 saturated heterocycles. The number of benzene rings is 1. The topological polar surface area (TPSA) is 75.4 Å². The van der Waals surface area contributed by atoms with E-state index in [1.54, 1.807) is 10.6 Å². The number of carboxylic acid groups (broad SMARTS) is 1. The van der Waals surface area contributed by atoms with Gasteiger partial charge in [-0.25, -0.2) is 9.78 Å². The number of aromatic nitrogens is 2. The molecule has 2 heterocycles. The molecule has 0 radical (unpaired) electrons. The summed E-state index contributed by atoms with van der Waals surface area (Å²) >= 11 is 2.39. The third-order valence-corrected chi connectivity index (χ3v) is 10.5. The fourth-order valence-electron chi connectivity index (χ4n) is 9.63. The molecular weight excluding hydrogens is 553 g/mol. The van der Waals surface area contributed by atoms with Gasteiger partial charge in [0, 0.05) is 11.6 Å². The van der Waals surface area contributed by atoms with Gasteiger partial charge in [0.1, 0.15) is 0 Å². The van der Waals surface area contributed by atoms with E-state index >= 15 is 0 Å². The Morgan fingerprint density at radius 1 is 1.17 bits per heavy atom. The van der Waals surface area contributed by atoms with Crippen molar-refractivity contribution < 1.29 is 9.90 Å². The standard InChI is InChI=1S/C28H36IN3O3/c1-25-11-18-12-26(2,15-25)17-28(13-18,16-25)31-10-6-7-19(31)14-27(3,29)32-21-9-5-4-8-20(21)30-22(23(32)33)24(34)35/h4-5,8-9,18-19H,6-7,10-17H2,1-3H3,(H,34,35)/t18?,19-,25?,26?,27-,28?/m0/s1. The normalized spacial score (nSPS) is 38.2. The maximum absolute atomic E-state index is 13.4. The van der Waals surface area contributed by atoms with Crippen LogP contribution >= 0.6 is 22.6 Å². The predicted octanol–water partition coefficient (Wildman–Crippen LogP) is 5.81. The van der Waals surface area contributed by atoms with E-state index < -0.39 is 20.8 Å². The van der Waals surface area contributed by atoms with Gasteiger partial charge >= 0.3 is 5.97 Å². The SMILES string of the molecule is CC12CC3CC(C)(C1)CC(N1CCC[C@H]1C[C@@](C)(I)n1c(=O)c(C(=O)O)nc4ccccc41)(C3)C2. The van der Waals surface area contributed by atoms with Crippen molar-refractivity contribution in [2.45, 2.75) is 93.7 Å². The van der Waals surface area contributed by atoms with E-state index in [1.807, 2.05) is 18.2 Å². The van der Waals surface area contributed by atoms with Crippen molar-refractivity contribution in [1.82, 2.24) is 14.5 Å². The molecule has 0 spiro atoms. The molecule has 5 fully saturated rings. The summed E-state index contributed by atoms with van der Waals surface area (Å²) in [6.07, 6.45) is 11.3. The molecular formula is C28H36IN3O3. The lowest BCUT2D eigenvalue weighted by Gasteiger charge is -2.68. The molecule has 7 rings (SSSR count). The zero-order valence-electron chi connectivity index (χ0n) is 21.0. The van der Waals surface area contributed by atoms with Gasteiger partial charge in [-0.3, -0.25) is 14.3 Å². The first-order valence-corrected chi connectivity index (χ1v) is 14.2. The number of aromatic carboxylic acids is 1. The lowest BCUT2D eigenvalue weighted by molar-refractivity contribution is -0.165. The highest BCUT2D eigenvalue weighted by Gasteiger charge is 2.63. The molecule has 4 atom stereocenters. The fraction of sp³-hybridized carbons (Fsp3) is 0.679. The van der Waals surface area contributed by atoms with E-state index in [4.69, 9.17) is 0 Å². The predicted molar refractivity (Wildman–Crippen MR) is 145 cm³/mol. The van der Waals surface area contributed by atoms with Crippen LogP contribution in [0.1, 0.15) is 89.0 Å². The van der Waals surface area contributed by atoms with Crippen LogP contribution in [0.4, 0.5) is 0 Å². The highest BCUT2D eigenvalue weighted by Crippen LogP contribution is 2.68. The van der Waals surface area contributed by atoms with E-state index in [9.17, 15) is 14.7 Å². The van der Waals surface area contributed by atoms with E-state index in [0.717, 1.165) is 25.3 Å². The van der Waals surface area contributed by atoms with Crippen molar-refractivity contribution >= 4 is 39.6 Å². The molecule has 0 amide bonds. The first-order valence-electron chi connectivity index (χ1n) is 13.1. The van der Waals surface area contributed by atoms with E-state index in [-0.39, 0.29) is 5.54 Å². The van der Waals surface area contributed by atoms with Crippen LogP contribution in [-0.4, -0.2) is 43.7 Å². The number of likely N-dealkylation sites (tertiary alicyclic amines) is 1. The summed E-state index contributed by atoms with van der Waals surface area (Å²) in [4.78, 5) is 32.4. The summed E-state index contributed by atoms with van der Waals surface area (Å²) in [6, 6.07) is 7.81. The van der Waals surface area contributed by atoms with E-state index in [0.29, 0.717) is 27.9 Å². The number of para-hydroxylation sites is 2. The zero-order valence-corrected chi connectivity index (χ0v) is 23.2. The number of carbonyl (C=O) groups is 1. The zero-order chi connectivity index (χ0) is 24.8. The van der Waals surface area contributed by atoms with Gasteiger partial charge in [-0.15, -0.1) is 0 Å². The monoisotopic (exact) mass is 589 g/mol. The fourth-order valence-corrected chi connectivity index (χ4v) is 10.6. The van der Waals surface area contributed by atoms with Crippen molar-refractivity contribution in [2.24, 2.45) is 16.7 Å². The summed E-state index contributed by atoms with van der Waals surface area (Å²) in [5.41, 5.74) is 1.57. The van der Waals surface area contributed by atoms with Crippen LogP contribution in [0.3, 0.4) is 0 Å². The van der Waals surface area contributed by atoms with E-state index in [2.05, 4.69) is 53.2 Å². The highest BCUT2D eigenvalue weighted by molar-refractivity contribution is 14.1. The second kappa shape index (κ2) is 7.76. The highest BCUT2D eigenvalue weighted by atomic mass is 127. The number of halogens is 1. The van der Waals surface area contributed by atoms with Crippen molar-refractivity contribution in [1.29, 1.82) is 0 Å². The smallest absolute Gasteiger partial charge is 0.360 e. The molecule has 5 aliphatic rings. The Bertz CT molecular complexity index is 1250. The van der Waals surface area contributed by atoms with Gasteiger partial charge in [0.25, 0.3) is 5.56 Å². The van der Waals surface area contributed by atoms with Crippen molar-refractivity contribution in [3.8, 4) is 0 Å². The minimum Gasteiger partial charge on any atom is -0.476 e. The van der Waals surface area contributed by atoms with Gasteiger partial charge in [-0.2, -0.15) is 0 Å². The van der Waals surface area contributed by atoms with E-state index in [1.165, 1.54) is 44.9 Å². The molecule has 4 bridgehead atoms. The Labute approximate surface area is 220 Å². The van der Waals surface area contributed by atoms with Crippen LogP contribution in [0.25, 0.3) is 11.0 Å². The Balaban J connectivity index is 1.38. The number of hydrogen-bond donors (Lipinski definition) is 1. The van der Waals surface area contributed by atoms with Crippen LogP contribution in [0, 0.1) is 16.7 Å². The van der Waals surface area contributed by atoms with Gasteiger partial charge in [-0.05, 0) is 100 Å². The molecule has 1 N–H and O–H groups in total. The number of hydrogen-bond acceptors (Lipinski definition) is 4. The lowest BCUT2D eigenvalue weighted by Crippen LogP contribution is -2.66. The first kappa shape index (κ1) is 23.9. The van der Waals surface area contributed by atoms with Crippen LogP contribution < -0.4 is 5.56 Å². The summed E-state index contributed by atoms with van der Waals surface area (Å²) in [5, 5.41) is 9.70. The minimum atomic E-state index is -1.26. The molecule has 7 heteroatoms. The molecule has 6 nitrogen and oxygen atoms in total. The number of carboxylic acids is 1. The average Bonchev–Trinajstić information content (AvgIpc) is 3.18. The Kier molecular flexibility index (Phi) is 5.30. The van der Waals surface area contributed by atoms with Crippen LogP contribution in [0.5, 0.6) is 0 Å². The number of nitrogens with zero attached hydrogens (tertiary/aromatic N) is 3. The van der Waals surface area contributed by atoms with Crippen LogP contribution in [-0.2, 0) is 3.55 Å². The molecule has 188 valence electrons. The summed E-state index contributed by atoms with van der Waals surface area (Å²) in [7, 11) is 0. The second-order valence-electron chi connectivity index (χ2n) is 13.1. The quantitative estimate of drug-likeness (QED) is 0.352.